The number of nitrogens with zero attached hydrogens (tertiary/aromatic N) is 2. The first-order chi connectivity index (χ1) is 10.2. The maximum absolute atomic E-state index is 12.0. The number of carbonyl (C=O) groups is 3. The largest absolute Gasteiger partial charge is 0.481 e. The Balaban J connectivity index is 1.86. The molecule has 0 aromatic rings. The van der Waals surface area contributed by atoms with Crippen molar-refractivity contribution in [3.8, 4) is 0 Å². The third kappa shape index (κ3) is 3.80. The molecular weight excluding hydrogens is 309 g/mol. The van der Waals surface area contributed by atoms with Crippen LogP contribution in [0.2, 0.25) is 0 Å². The summed E-state index contributed by atoms with van der Waals surface area (Å²) in [5, 5.41) is 8.91. The summed E-state index contributed by atoms with van der Waals surface area (Å²) in [4.78, 5) is 36.7. The van der Waals surface area contributed by atoms with Gasteiger partial charge in [-0.25, -0.2) is 4.79 Å². The van der Waals surface area contributed by atoms with Crippen LogP contribution in [0.25, 0.3) is 0 Å². The minimum absolute atomic E-state index is 0.0504. The van der Waals surface area contributed by atoms with Crippen molar-refractivity contribution < 1.29 is 37.4 Å². The average molecular weight is 324 g/mol. The molecule has 0 aliphatic carbocycles. The van der Waals surface area contributed by atoms with E-state index in [-0.39, 0.29) is 38.0 Å². The Kier molecular flexibility index (Phi) is 4.47. The fourth-order valence-corrected chi connectivity index (χ4v) is 2.65. The van der Waals surface area contributed by atoms with Gasteiger partial charge in [-0.1, -0.05) is 0 Å². The number of alkyl halides is 3. The minimum Gasteiger partial charge on any atom is -0.481 e. The third-order valence-corrected chi connectivity index (χ3v) is 3.73. The van der Waals surface area contributed by atoms with Crippen molar-refractivity contribution in [2.75, 3.05) is 26.2 Å². The molecule has 0 radical (unpaired) electrons. The first-order valence-electron chi connectivity index (χ1n) is 6.68. The van der Waals surface area contributed by atoms with Crippen LogP contribution in [0, 0.1) is 5.92 Å². The molecule has 2 atom stereocenters. The van der Waals surface area contributed by atoms with E-state index in [4.69, 9.17) is 5.11 Å². The van der Waals surface area contributed by atoms with Gasteiger partial charge in [-0.2, -0.15) is 13.2 Å². The van der Waals surface area contributed by atoms with Gasteiger partial charge in [-0.05, 0) is 6.42 Å². The molecule has 10 heteroatoms. The highest BCUT2D eigenvalue weighted by Gasteiger charge is 2.41. The zero-order chi connectivity index (χ0) is 16.5. The van der Waals surface area contributed by atoms with Crippen LogP contribution < -0.4 is 0 Å². The SMILES string of the molecule is O=C(O)C1CC(=O)N(C2CCN(C(=O)OCC(F)(F)F)C2)C1. The summed E-state index contributed by atoms with van der Waals surface area (Å²) in [5.74, 6) is -2.16. The smallest absolute Gasteiger partial charge is 0.422 e. The van der Waals surface area contributed by atoms with Gasteiger partial charge >= 0.3 is 18.2 Å². The van der Waals surface area contributed by atoms with Crippen molar-refractivity contribution in [1.29, 1.82) is 0 Å². The molecule has 1 N–H and O–H groups in total. The molecule has 0 aromatic heterocycles. The Labute approximate surface area is 123 Å². The van der Waals surface area contributed by atoms with E-state index in [9.17, 15) is 27.6 Å². The summed E-state index contributed by atoms with van der Waals surface area (Å²) in [6.45, 7) is -1.38. The first kappa shape index (κ1) is 16.4. The molecular formula is C12H15F3N2O5. The molecule has 0 spiro atoms. The van der Waals surface area contributed by atoms with Gasteiger partial charge in [0.05, 0.1) is 12.0 Å². The number of carboxylic acids is 1. The number of carbonyl (C=O) groups excluding carboxylic acids is 2. The van der Waals surface area contributed by atoms with E-state index in [0.29, 0.717) is 6.42 Å². The Hall–Kier alpha value is -2.00. The maximum Gasteiger partial charge on any atom is 0.422 e. The second kappa shape index (κ2) is 6.01. The monoisotopic (exact) mass is 324 g/mol. The molecule has 2 saturated heterocycles. The topological polar surface area (TPSA) is 87.2 Å². The molecule has 124 valence electrons. The lowest BCUT2D eigenvalue weighted by atomic mass is 10.1. The number of carboxylic acid groups (broad SMARTS) is 1. The van der Waals surface area contributed by atoms with E-state index in [1.807, 2.05) is 0 Å². The van der Waals surface area contributed by atoms with Crippen LogP contribution >= 0.6 is 0 Å². The molecule has 0 saturated carbocycles. The number of hydrogen-bond acceptors (Lipinski definition) is 4. The predicted octanol–water partition coefficient (Wildman–Crippen LogP) is 0.693. The standard InChI is InChI=1S/C12H15F3N2O5/c13-12(14,15)6-22-11(21)16-2-1-8(5-16)17-4-7(10(19)20)3-9(17)18/h7-8H,1-6H2,(H,19,20). The fraction of sp³-hybridized carbons (Fsp3) is 0.750. The fourth-order valence-electron chi connectivity index (χ4n) is 2.65. The van der Waals surface area contributed by atoms with Gasteiger partial charge < -0.3 is 19.6 Å². The predicted molar refractivity (Wildman–Crippen MR) is 64.8 cm³/mol. The van der Waals surface area contributed by atoms with Gasteiger partial charge in [0, 0.05) is 26.1 Å². The molecule has 2 aliphatic heterocycles. The van der Waals surface area contributed by atoms with E-state index in [2.05, 4.69) is 4.74 Å². The maximum atomic E-state index is 12.0. The minimum atomic E-state index is -4.59. The Bertz CT molecular complexity index is 482. The molecule has 2 heterocycles. The molecule has 22 heavy (non-hydrogen) atoms. The van der Waals surface area contributed by atoms with Crippen LogP contribution in [0.1, 0.15) is 12.8 Å². The van der Waals surface area contributed by atoms with Crippen molar-refractivity contribution >= 4 is 18.0 Å². The zero-order valence-corrected chi connectivity index (χ0v) is 11.5. The highest BCUT2D eigenvalue weighted by molar-refractivity contribution is 5.86. The number of likely N-dealkylation sites (tertiary alicyclic amines) is 2. The second-order valence-corrected chi connectivity index (χ2v) is 5.34. The Morgan fingerprint density at radius 2 is 2.00 bits per heavy atom. The summed E-state index contributed by atoms with van der Waals surface area (Å²) >= 11 is 0. The quantitative estimate of drug-likeness (QED) is 0.825. The molecule has 2 fully saturated rings. The van der Waals surface area contributed by atoms with Gasteiger partial charge in [0.15, 0.2) is 6.61 Å². The van der Waals surface area contributed by atoms with Crippen LogP contribution in [-0.2, 0) is 14.3 Å². The lowest BCUT2D eigenvalue weighted by molar-refractivity contribution is -0.162. The van der Waals surface area contributed by atoms with E-state index in [1.54, 1.807) is 0 Å². The van der Waals surface area contributed by atoms with Gasteiger partial charge in [-0.3, -0.25) is 9.59 Å². The molecule has 0 bridgehead atoms. The van der Waals surface area contributed by atoms with Crippen molar-refractivity contribution in [2.45, 2.75) is 25.1 Å². The van der Waals surface area contributed by atoms with E-state index in [0.717, 1.165) is 4.90 Å². The highest BCUT2D eigenvalue weighted by atomic mass is 19.4. The summed E-state index contributed by atoms with van der Waals surface area (Å²) < 4.78 is 40.1. The van der Waals surface area contributed by atoms with Gasteiger partial charge in [-0.15, -0.1) is 0 Å². The highest BCUT2D eigenvalue weighted by Crippen LogP contribution is 2.26. The molecule has 2 amide bonds. The summed E-state index contributed by atoms with van der Waals surface area (Å²) in [5.41, 5.74) is 0. The van der Waals surface area contributed by atoms with Crippen LogP contribution in [0.5, 0.6) is 0 Å². The van der Waals surface area contributed by atoms with Crippen molar-refractivity contribution in [1.82, 2.24) is 9.80 Å². The van der Waals surface area contributed by atoms with Crippen LogP contribution in [-0.4, -0.2) is 71.3 Å². The zero-order valence-electron chi connectivity index (χ0n) is 11.5. The number of ether oxygens (including phenoxy) is 1. The van der Waals surface area contributed by atoms with Crippen LogP contribution in [0.3, 0.4) is 0 Å². The van der Waals surface area contributed by atoms with Crippen molar-refractivity contribution in [3.05, 3.63) is 0 Å². The van der Waals surface area contributed by atoms with Gasteiger partial charge in [0.25, 0.3) is 0 Å². The molecule has 2 aliphatic rings. The number of halogens is 3. The first-order valence-corrected chi connectivity index (χ1v) is 6.68. The summed E-state index contributed by atoms with van der Waals surface area (Å²) in [7, 11) is 0. The summed E-state index contributed by atoms with van der Waals surface area (Å²) in [6.07, 6.45) is -5.38. The Morgan fingerprint density at radius 3 is 2.55 bits per heavy atom. The van der Waals surface area contributed by atoms with Gasteiger partial charge in [0.2, 0.25) is 5.91 Å². The lowest BCUT2D eigenvalue weighted by Crippen LogP contribution is -2.40. The van der Waals surface area contributed by atoms with E-state index < -0.39 is 30.8 Å². The summed E-state index contributed by atoms with van der Waals surface area (Å²) in [6, 6.07) is -0.379. The average Bonchev–Trinajstić information content (AvgIpc) is 3.01. The number of aliphatic carboxylic acids is 1. The number of amides is 2. The third-order valence-electron chi connectivity index (χ3n) is 3.73. The number of hydrogen-bond donors (Lipinski definition) is 1. The molecule has 7 nitrogen and oxygen atoms in total. The van der Waals surface area contributed by atoms with E-state index in [1.165, 1.54) is 4.90 Å². The lowest BCUT2D eigenvalue weighted by Gasteiger charge is -2.24. The Morgan fingerprint density at radius 1 is 1.32 bits per heavy atom. The van der Waals surface area contributed by atoms with Crippen molar-refractivity contribution in [2.24, 2.45) is 5.92 Å². The van der Waals surface area contributed by atoms with Crippen LogP contribution in [0.4, 0.5) is 18.0 Å². The second-order valence-electron chi connectivity index (χ2n) is 5.34. The van der Waals surface area contributed by atoms with E-state index >= 15 is 0 Å². The van der Waals surface area contributed by atoms with Crippen LogP contribution in [0.15, 0.2) is 0 Å². The number of rotatable bonds is 3. The van der Waals surface area contributed by atoms with Gasteiger partial charge in [0.1, 0.15) is 0 Å². The molecule has 2 unspecified atom stereocenters. The molecule has 0 aromatic carbocycles. The normalized spacial score (nSPS) is 25.7. The molecule has 2 rings (SSSR count). The van der Waals surface area contributed by atoms with Crippen molar-refractivity contribution in [3.63, 3.8) is 0 Å².